The second kappa shape index (κ2) is 10.00. The molecule has 43 heavy (non-hydrogen) atoms. The molecule has 0 saturated carbocycles. The lowest BCUT2D eigenvalue weighted by atomic mass is 9.92. The van der Waals surface area contributed by atoms with E-state index in [0.29, 0.717) is 11.8 Å². The summed E-state index contributed by atoms with van der Waals surface area (Å²) in [5.41, 5.74) is 8.95. The second-order valence-electron chi connectivity index (χ2n) is 12.3. The van der Waals surface area contributed by atoms with E-state index in [1.165, 1.54) is 64.0 Å². The third-order valence-corrected chi connectivity index (χ3v) is 10.0. The van der Waals surface area contributed by atoms with E-state index in [9.17, 15) is 0 Å². The Balaban J connectivity index is 1.32. The molecule has 0 saturated heterocycles. The lowest BCUT2D eigenvalue weighted by molar-refractivity contribution is 0.868. The van der Waals surface area contributed by atoms with E-state index in [1.807, 2.05) is 17.5 Å². The number of hydrogen-bond donors (Lipinski definition) is 0. The van der Waals surface area contributed by atoms with Gasteiger partial charge >= 0.3 is 0 Å². The van der Waals surface area contributed by atoms with Gasteiger partial charge in [-0.25, -0.2) is 4.98 Å². The minimum Gasteiger partial charge on any atom is -0.252 e. The van der Waals surface area contributed by atoms with Crippen molar-refractivity contribution in [1.82, 2.24) is 9.97 Å². The van der Waals surface area contributed by atoms with Crippen LogP contribution in [0.15, 0.2) is 109 Å². The Morgan fingerprint density at radius 2 is 1.14 bits per heavy atom. The van der Waals surface area contributed by atoms with Gasteiger partial charge in [0.2, 0.25) is 0 Å². The van der Waals surface area contributed by atoms with E-state index in [0.717, 1.165) is 22.3 Å². The topological polar surface area (TPSA) is 25.8 Å². The van der Waals surface area contributed by atoms with Gasteiger partial charge in [0.1, 0.15) is 0 Å². The Bertz CT molecular complexity index is 2360. The van der Waals surface area contributed by atoms with Crippen molar-refractivity contribution in [3.63, 3.8) is 0 Å². The van der Waals surface area contributed by atoms with Crippen molar-refractivity contribution in [1.29, 1.82) is 0 Å². The summed E-state index contributed by atoms with van der Waals surface area (Å²) in [6.07, 6.45) is 1.96. The van der Waals surface area contributed by atoms with Gasteiger partial charge < -0.3 is 0 Å². The van der Waals surface area contributed by atoms with Crippen LogP contribution in [0.1, 0.15) is 50.7 Å². The zero-order valence-electron chi connectivity index (χ0n) is 24.8. The number of aromatic nitrogens is 2. The molecule has 0 atom stereocenters. The first-order chi connectivity index (χ1) is 20.9. The van der Waals surface area contributed by atoms with Gasteiger partial charge in [-0.3, -0.25) is 4.98 Å². The summed E-state index contributed by atoms with van der Waals surface area (Å²) in [5.74, 6) is 0.878. The van der Waals surface area contributed by atoms with E-state index in [-0.39, 0.29) is 0 Å². The molecular formula is C40H32N2S. The predicted molar refractivity (Wildman–Crippen MR) is 186 cm³/mol. The number of thiophene rings is 1. The zero-order chi connectivity index (χ0) is 29.2. The van der Waals surface area contributed by atoms with Crippen LogP contribution in [0.5, 0.6) is 0 Å². The maximum atomic E-state index is 5.36. The predicted octanol–water partition coefficient (Wildman–Crippen LogP) is 11.9. The maximum absolute atomic E-state index is 5.36. The van der Waals surface area contributed by atoms with Crippen molar-refractivity contribution in [3.05, 3.63) is 120 Å². The average Bonchev–Trinajstić information content (AvgIpc) is 3.42. The maximum Gasteiger partial charge on any atom is 0.0979 e. The molecule has 0 aliphatic carbocycles. The molecule has 6 aromatic carbocycles. The third kappa shape index (κ3) is 4.30. The van der Waals surface area contributed by atoms with Crippen molar-refractivity contribution in [2.75, 3.05) is 0 Å². The molecule has 0 N–H and O–H groups in total. The number of hydrogen-bond acceptors (Lipinski definition) is 3. The molecule has 2 heterocycles. The molecule has 0 bridgehead atoms. The minimum atomic E-state index is 0.434. The summed E-state index contributed by atoms with van der Waals surface area (Å²) >= 11 is 1.85. The van der Waals surface area contributed by atoms with Gasteiger partial charge in [-0.1, -0.05) is 94.4 Å². The van der Waals surface area contributed by atoms with E-state index in [4.69, 9.17) is 9.97 Å². The number of rotatable bonds is 4. The summed E-state index contributed by atoms with van der Waals surface area (Å²) in [7, 11) is 0. The molecule has 2 nitrogen and oxygen atoms in total. The van der Waals surface area contributed by atoms with Crippen molar-refractivity contribution in [2.24, 2.45) is 0 Å². The fraction of sp³-hybridized carbons (Fsp3) is 0.150. The van der Waals surface area contributed by atoms with E-state index >= 15 is 0 Å². The quantitative estimate of drug-likeness (QED) is 0.196. The lowest BCUT2D eigenvalue weighted by Gasteiger charge is -2.15. The van der Waals surface area contributed by atoms with Gasteiger partial charge in [0.25, 0.3) is 0 Å². The number of benzene rings is 6. The van der Waals surface area contributed by atoms with Gasteiger partial charge in [-0.15, -0.1) is 11.3 Å². The Morgan fingerprint density at radius 3 is 1.88 bits per heavy atom. The standard InChI is InChI=1S/C40H32N2S/c1-23(2)25-12-15-30-31-16-13-26(24(3)4)20-35(31)40-39(34(30)19-25)41-22-36(42-40)29-9-7-8-27(18-29)28-14-17-38-33(21-28)32-10-5-6-11-37(32)43-38/h5-24H,1-4H3. The van der Waals surface area contributed by atoms with Crippen LogP contribution < -0.4 is 0 Å². The summed E-state index contributed by atoms with van der Waals surface area (Å²) in [4.78, 5) is 10.5. The van der Waals surface area contributed by atoms with Crippen LogP contribution in [-0.2, 0) is 0 Å². The van der Waals surface area contributed by atoms with Crippen LogP contribution in [0.4, 0.5) is 0 Å². The first-order valence-electron chi connectivity index (χ1n) is 15.1. The van der Waals surface area contributed by atoms with Gasteiger partial charge in [-0.05, 0) is 81.3 Å². The minimum absolute atomic E-state index is 0.434. The Kier molecular flexibility index (Phi) is 6.06. The van der Waals surface area contributed by atoms with Crippen molar-refractivity contribution >= 4 is 64.1 Å². The molecule has 0 unspecified atom stereocenters. The van der Waals surface area contributed by atoms with Crippen molar-refractivity contribution < 1.29 is 0 Å². The Morgan fingerprint density at radius 1 is 0.488 bits per heavy atom. The van der Waals surface area contributed by atoms with Gasteiger partial charge in [-0.2, -0.15) is 0 Å². The highest BCUT2D eigenvalue weighted by atomic mass is 32.1. The Hall–Kier alpha value is -4.60. The van der Waals surface area contributed by atoms with Crippen LogP contribution >= 0.6 is 11.3 Å². The first-order valence-corrected chi connectivity index (χ1v) is 15.9. The highest BCUT2D eigenvalue weighted by Crippen LogP contribution is 2.39. The van der Waals surface area contributed by atoms with Crippen molar-refractivity contribution in [3.8, 4) is 22.4 Å². The normalized spacial score (nSPS) is 12.1. The molecule has 2 aromatic heterocycles. The van der Waals surface area contributed by atoms with Gasteiger partial charge in [0.15, 0.2) is 0 Å². The van der Waals surface area contributed by atoms with Gasteiger partial charge in [0.05, 0.1) is 22.9 Å². The van der Waals surface area contributed by atoms with E-state index < -0.39 is 0 Å². The SMILES string of the molecule is CC(C)c1ccc2c3ccc(C(C)C)cc3c3nc(-c4cccc(-c5ccc6sc7ccccc7c6c5)c4)cnc3c2c1. The fourth-order valence-corrected chi connectivity index (χ4v) is 7.47. The molecule has 0 aliphatic heterocycles. The zero-order valence-corrected chi connectivity index (χ0v) is 25.7. The van der Waals surface area contributed by atoms with Crippen LogP contribution in [0.2, 0.25) is 0 Å². The average molecular weight is 573 g/mol. The fourth-order valence-electron chi connectivity index (χ4n) is 6.38. The van der Waals surface area contributed by atoms with Crippen LogP contribution in [0, 0.1) is 0 Å². The molecule has 0 radical (unpaired) electrons. The Labute approximate surface area is 255 Å². The van der Waals surface area contributed by atoms with E-state index in [1.54, 1.807) is 0 Å². The number of nitrogens with zero attached hydrogens (tertiary/aromatic N) is 2. The largest absolute Gasteiger partial charge is 0.252 e. The molecule has 0 amide bonds. The highest BCUT2D eigenvalue weighted by molar-refractivity contribution is 7.25. The van der Waals surface area contributed by atoms with Gasteiger partial charge in [0, 0.05) is 36.5 Å². The monoisotopic (exact) mass is 572 g/mol. The molecule has 8 rings (SSSR count). The van der Waals surface area contributed by atoms with Crippen LogP contribution in [-0.4, -0.2) is 9.97 Å². The summed E-state index contributed by atoms with van der Waals surface area (Å²) < 4.78 is 2.65. The van der Waals surface area contributed by atoms with Crippen LogP contribution in [0.3, 0.4) is 0 Å². The lowest BCUT2D eigenvalue weighted by Crippen LogP contribution is -1.95. The highest BCUT2D eigenvalue weighted by Gasteiger charge is 2.16. The second-order valence-corrected chi connectivity index (χ2v) is 13.3. The molecular weight excluding hydrogens is 541 g/mol. The molecule has 3 heteroatoms. The summed E-state index contributed by atoms with van der Waals surface area (Å²) in [6, 6.07) is 38.0. The van der Waals surface area contributed by atoms with Crippen LogP contribution in [0.25, 0.3) is 75.1 Å². The number of fused-ring (bicyclic) bond motifs is 9. The molecule has 0 fully saturated rings. The summed E-state index contributed by atoms with van der Waals surface area (Å²) in [5, 5.41) is 7.46. The third-order valence-electron chi connectivity index (χ3n) is 8.86. The molecule has 8 aromatic rings. The smallest absolute Gasteiger partial charge is 0.0979 e. The van der Waals surface area contributed by atoms with E-state index in [2.05, 4.69) is 131 Å². The molecule has 208 valence electrons. The summed E-state index contributed by atoms with van der Waals surface area (Å²) in [6.45, 7) is 8.99. The molecule has 0 spiro atoms. The molecule has 0 aliphatic rings. The first kappa shape index (κ1) is 26.1. The van der Waals surface area contributed by atoms with Crippen molar-refractivity contribution in [2.45, 2.75) is 39.5 Å².